The van der Waals surface area contributed by atoms with E-state index in [9.17, 15) is 4.79 Å². The number of hydrogen-bond donors (Lipinski definition) is 1. The van der Waals surface area contributed by atoms with Gasteiger partial charge >= 0.3 is 0 Å². The molecule has 0 saturated carbocycles. The number of nitrogens with one attached hydrogen (secondary N) is 1. The van der Waals surface area contributed by atoms with E-state index in [1.165, 1.54) is 16.7 Å². The number of aromatic nitrogens is 5. The number of nitrogens with zero attached hydrogens (tertiary/aromatic N) is 5. The second-order valence-electron chi connectivity index (χ2n) is 10.5. The van der Waals surface area contributed by atoms with Crippen LogP contribution >= 0.6 is 0 Å². The molecule has 4 aromatic rings. The van der Waals surface area contributed by atoms with Gasteiger partial charge in [-0.05, 0) is 87.0 Å². The second kappa shape index (κ2) is 10.1. The maximum Gasteiger partial charge on any atom is 0.252 e. The van der Waals surface area contributed by atoms with Crippen molar-refractivity contribution < 1.29 is 0 Å². The molecule has 0 unspecified atom stereocenters. The summed E-state index contributed by atoms with van der Waals surface area (Å²) in [6.45, 7) is 13.9. The lowest BCUT2D eigenvalue weighted by atomic mass is 10.0. The van der Waals surface area contributed by atoms with Crippen LogP contribution in [0.4, 0.5) is 0 Å². The highest BCUT2D eigenvalue weighted by Crippen LogP contribution is 2.28. The van der Waals surface area contributed by atoms with Gasteiger partial charge in [0.2, 0.25) is 0 Å². The lowest BCUT2D eigenvalue weighted by molar-refractivity contribution is 0.163. The summed E-state index contributed by atoms with van der Waals surface area (Å²) in [7, 11) is 0. The highest BCUT2D eigenvalue weighted by molar-refractivity contribution is 5.79. The predicted octanol–water partition coefficient (Wildman–Crippen LogP) is 5.08. The maximum absolute atomic E-state index is 13.1. The van der Waals surface area contributed by atoms with Crippen LogP contribution in [0.15, 0.2) is 53.3 Å². The summed E-state index contributed by atoms with van der Waals surface area (Å²) < 4.78 is 1.91. The first-order valence-electron chi connectivity index (χ1n) is 12.4. The number of pyridine rings is 1. The molecule has 0 fully saturated rings. The molecule has 4 rings (SSSR count). The number of aryl methyl sites for hydroxylation is 2. The van der Waals surface area contributed by atoms with Gasteiger partial charge in [0.25, 0.3) is 5.56 Å². The fourth-order valence-corrected chi connectivity index (χ4v) is 4.68. The Hall–Kier alpha value is -3.32. The van der Waals surface area contributed by atoms with Gasteiger partial charge in [0.1, 0.15) is 0 Å². The first kappa shape index (κ1) is 24.8. The molecule has 0 aliphatic heterocycles. The smallest absolute Gasteiger partial charge is 0.252 e. The SMILES string of the molecule is CC[C@@H](c1nnnn1C(C)(C)C)N(CCc1cccc(C)c1)Cc1cc2cc(C)ccc2[nH]c1=O. The van der Waals surface area contributed by atoms with Crippen LogP contribution in [0.25, 0.3) is 10.9 Å². The zero-order chi connectivity index (χ0) is 25.2. The van der Waals surface area contributed by atoms with Crippen LogP contribution < -0.4 is 5.56 Å². The molecule has 0 aliphatic carbocycles. The van der Waals surface area contributed by atoms with Crippen molar-refractivity contribution in [2.75, 3.05) is 6.54 Å². The summed E-state index contributed by atoms with van der Waals surface area (Å²) in [6, 6.07) is 16.7. The molecule has 0 spiro atoms. The Morgan fingerprint density at radius 1 is 1.06 bits per heavy atom. The Morgan fingerprint density at radius 2 is 1.83 bits per heavy atom. The predicted molar refractivity (Wildman–Crippen MR) is 140 cm³/mol. The van der Waals surface area contributed by atoms with Crippen molar-refractivity contribution in [2.24, 2.45) is 0 Å². The summed E-state index contributed by atoms with van der Waals surface area (Å²) in [4.78, 5) is 18.5. The quantitative estimate of drug-likeness (QED) is 0.387. The van der Waals surface area contributed by atoms with Crippen molar-refractivity contribution >= 4 is 10.9 Å². The first-order chi connectivity index (χ1) is 16.7. The van der Waals surface area contributed by atoms with E-state index in [-0.39, 0.29) is 17.1 Å². The minimum absolute atomic E-state index is 0.0263. The van der Waals surface area contributed by atoms with Crippen molar-refractivity contribution in [1.82, 2.24) is 30.1 Å². The number of rotatable bonds is 8. The van der Waals surface area contributed by atoms with Gasteiger partial charge < -0.3 is 4.98 Å². The number of H-pyrrole nitrogens is 1. The normalized spacial score (nSPS) is 13.0. The Balaban J connectivity index is 1.72. The van der Waals surface area contributed by atoms with Crippen LogP contribution in [-0.2, 0) is 18.5 Å². The number of benzene rings is 2. The van der Waals surface area contributed by atoms with Gasteiger partial charge in [0, 0.05) is 24.2 Å². The zero-order valence-corrected chi connectivity index (χ0v) is 21.7. The van der Waals surface area contributed by atoms with E-state index in [2.05, 4.69) is 97.3 Å². The van der Waals surface area contributed by atoms with Crippen molar-refractivity contribution in [3.8, 4) is 0 Å². The fraction of sp³-hybridized carbons (Fsp3) is 0.429. The molecule has 184 valence electrons. The largest absolute Gasteiger partial charge is 0.322 e. The van der Waals surface area contributed by atoms with Gasteiger partial charge in [-0.2, -0.15) is 0 Å². The molecule has 0 aliphatic rings. The van der Waals surface area contributed by atoms with Crippen LogP contribution in [0.2, 0.25) is 0 Å². The molecule has 0 radical (unpaired) electrons. The number of fused-ring (bicyclic) bond motifs is 1. The number of tetrazole rings is 1. The average Bonchev–Trinajstić information content (AvgIpc) is 3.29. The highest BCUT2D eigenvalue weighted by atomic mass is 16.1. The molecule has 0 saturated heterocycles. The maximum atomic E-state index is 13.1. The molecule has 0 bridgehead atoms. The summed E-state index contributed by atoms with van der Waals surface area (Å²) in [5.41, 5.74) is 5.02. The van der Waals surface area contributed by atoms with E-state index in [4.69, 9.17) is 0 Å². The van der Waals surface area contributed by atoms with E-state index in [0.29, 0.717) is 6.54 Å². The summed E-state index contributed by atoms with van der Waals surface area (Å²) in [5.74, 6) is 0.831. The molecular formula is C28H36N6O. The fourth-order valence-electron chi connectivity index (χ4n) is 4.68. The second-order valence-corrected chi connectivity index (χ2v) is 10.5. The van der Waals surface area contributed by atoms with E-state index >= 15 is 0 Å². The molecule has 1 atom stereocenters. The van der Waals surface area contributed by atoms with Crippen LogP contribution in [0.3, 0.4) is 0 Å². The molecular weight excluding hydrogens is 436 g/mol. The van der Waals surface area contributed by atoms with Gasteiger partial charge in [-0.3, -0.25) is 9.69 Å². The molecule has 1 N–H and O–H groups in total. The van der Waals surface area contributed by atoms with E-state index < -0.39 is 0 Å². The van der Waals surface area contributed by atoms with Crippen LogP contribution in [0.5, 0.6) is 0 Å². The van der Waals surface area contributed by atoms with E-state index in [1.54, 1.807) is 0 Å². The molecule has 7 nitrogen and oxygen atoms in total. The molecule has 2 aromatic carbocycles. The topological polar surface area (TPSA) is 79.7 Å². The van der Waals surface area contributed by atoms with Gasteiger partial charge in [-0.25, -0.2) is 4.68 Å². The Bertz CT molecular complexity index is 1360. The lowest BCUT2D eigenvalue weighted by Gasteiger charge is -2.32. The summed E-state index contributed by atoms with van der Waals surface area (Å²) in [6.07, 6.45) is 1.70. The zero-order valence-electron chi connectivity index (χ0n) is 21.7. The molecule has 0 amide bonds. The molecule has 35 heavy (non-hydrogen) atoms. The lowest BCUT2D eigenvalue weighted by Crippen LogP contribution is -2.36. The van der Waals surface area contributed by atoms with Gasteiger partial charge in [-0.15, -0.1) is 5.10 Å². The third-order valence-corrected chi connectivity index (χ3v) is 6.47. The Labute approximate surface area is 207 Å². The Kier molecular flexibility index (Phi) is 7.17. The third kappa shape index (κ3) is 5.68. The van der Waals surface area contributed by atoms with Crippen LogP contribution in [0, 0.1) is 13.8 Å². The molecule has 2 aromatic heterocycles. The van der Waals surface area contributed by atoms with Gasteiger partial charge in [0.15, 0.2) is 5.82 Å². The average molecular weight is 473 g/mol. The summed E-state index contributed by atoms with van der Waals surface area (Å²) >= 11 is 0. The highest BCUT2D eigenvalue weighted by Gasteiger charge is 2.29. The molecule has 2 heterocycles. The van der Waals surface area contributed by atoms with E-state index in [0.717, 1.165) is 41.7 Å². The molecule has 7 heteroatoms. The van der Waals surface area contributed by atoms with Crippen LogP contribution in [0.1, 0.15) is 68.2 Å². The van der Waals surface area contributed by atoms with Crippen molar-refractivity contribution in [3.63, 3.8) is 0 Å². The van der Waals surface area contributed by atoms with Crippen molar-refractivity contribution in [1.29, 1.82) is 0 Å². The summed E-state index contributed by atoms with van der Waals surface area (Å²) in [5, 5.41) is 13.8. The van der Waals surface area contributed by atoms with Crippen molar-refractivity contribution in [2.45, 2.75) is 72.5 Å². The minimum atomic E-state index is -0.244. The van der Waals surface area contributed by atoms with E-state index in [1.807, 2.05) is 22.9 Å². The van der Waals surface area contributed by atoms with Crippen molar-refractivity contribution in [3.05, 3.63) is 87.0 Å². The number of hydrogen-bond acceptors (Lipinski definition) is 5. The number of aromatic amines is 1. The Morgan fingerprint density at radius 3 is 2.54 bits per heavy atom. The minimum Gasteiger partial charge on any atom is -0.322 e. The van der Waals surface area contributed by atoms with Gasteiger partial charge in [0.05, 0.1) is 11.6 Å². The van der Waals surface area contributed by atoms with Gasteiger partial charge in [-0.1, -0.05) is 48.4 Å². The third-order valence-electron chi connectivity index (χ3n) is 6.47. The van der Waals surface area contributed by atoms with Crippen LogP contribution in [-0.4, -0.2) is 36.6 Å². The standard InChI is InChI=1S/C28H36N6O/c1-7-25(26-30-31-32-34(26)28(4,5)6)33(14-13-21-10-8-9-19(2)15-21)18-23-17-22-16-20(3)11-12-24(22)29-27(23)35/h8-12,15-17,25H,7,13-14,18H2,1-6H3,(H,29,35)/t25-/m0/s1. The first-order valence-corrected chi connectivity index (χ1v) is 12.4. The monoisotopic (exact) mass is 472 g/mol.